The topological polar surface area (TPSA) is 399 Å². The van der Waals surface area contributed by atoms with Gasteiger partial charge in [-0.1, -0.05) is 74.1 Å². The van der Waals surface area contributed by atoms with Crippen molar-refractivity contribution < 1.29 is 48.3 Å². The van der Waals surface area contributed by atoms with Gasteiger partial charge in [0.1, 0.15) is 18.9 Å². The van der Waals surface area contributed by atoms with Gasteiger partial charge in [-0.3, -0.25) is 48.3 Å². The van der Waals surface area contributed by atoms with Crippen LogP contribution in [0.2, 0.25) is 20.1 Å². The Morgan fingerprint density at radius 1 is 0.658 bits per heavy atom. The van der Waals surface area contributed by atoms with Crippen molar-refractivity contribution in [2.45, 2.75) is 78.7 Å². The van der Waals surface area contributed by atoms with Gasteiger partial charge in [0.05, 0.1) is 57.1 Å². The van der Waals surface area contributed by atoms with E-state index in [1.165, 1.54) is 36.4 Å². The van der Waals surface area contributed by atoms with Gasteiger partial charge in [0.25, 0.3) is 22.2 Å². The standard InChI is InChI=1S/C22H18Cl2N6O8.C18H14Cl2N6O5.C4H4O3/c1-10(2)12-7-16(28-29(21(12)35)9-37-18(33)4-3-17(31)32)38-19-13(23)5-11(6-14(19)24)30-22(36)26-20(34)15(8-25)27-30;1-8(2)10-5-14(24-25(7-27)17(10)29)31-15-11(19)3-9(4-12(15)20)26-18(30)22-16(28)13(6-21)23-26;5-3-1-2-4(6)7-3/h5-7,10H,3-4,9H2,1-2H3,(H,31,32)(H,26,34,36);3-5,8,27H,7H2,1-2H3,(H,22,28,30);1-2H2. The van der Waals surface area contributed by atoms with Gasteiger partial charge < -0.3 is 29.2 Å². The number of benzene rings is 2. The molecule has 0 atom stereocenters. The fourth-order valence-corrected chi connectivity index (χ4v) is 7.18. The van der Waals surface area contributed by atoms with Gasteiger partial charge in [-0.25, -0.2) is 14.3 Å². The van der Waals surface area contributed by atoms with E-state index in [1.807, 2.05) is 9.97 Å². The first-order chi connectivity index (χ1) is 35.8. The first kappa shape index (κ1) is 58.1. The van der Waals surface area contributed by atoms with Crippen LogP contribution < -0.4 is 43.1 Å². The number of aliphatic hydroxyl groups is 1. The molecule has 4 N–H and O–H groups in total. The van der Waals surface area contributed by atoms with Crippen molar-refractivity contribution in [1.29, 1.82) is 10.5 Å². The molecule has 1 saturated heterocycles. The largest absolute Gasteiger partial charge is 0.481 e. The predicted octanol–water partition coefficient (Wildman–Crippen LogP) is 3.31. The highest BCUT2D eigenvalue weighted by atomic mass is 35.5. The van der Waals surface area contributed by atoms with Crippen LogP contribution in [-0.4, -0.2) is 83.2 Å². The molecule has 1 aliphatic rings. The SMILES string of the molecule is CC(C)c1cc(Oc2c(Cl)cc(-n3nc(C#N)c(=O)[nH]c3=O)cc2Cl)nn(CO)c1=O.CC(C)c1cc(Oc2c(Cl)cc(-n3nc(C#N)c(=O)[nH]c3=O)cc2Cl)nn(COC(=O)CCC(=O)O)c1=O.O=C1CCC(=O)O1. The summed E-state index contributed by atoms with van der Waals surface area (Å²) >= 11 is 25.2. The molecule has 0 bridgehead atoms. The van der Waals surface area contributed by atoms with Crippen LogP contribution in [0.15, 0.2) is 65.2 Å². The molecule has 396 valence electrons. The number of carbonyl (C=O) groups is 4. The summed E-state index contributed by atoms with van der Waals surface area (Å²) in [5, 5.41) is 51.0. The Balaban J connectivity index is 0.000000252. The van der Waals surface area contributed by atoms with E-state index in [9.17, 15) is 53.1 Å². The summed E-state index contributed by atoms with van der Waals surface area (Å²) < 4.78 is 23.5. The van der Waals surface area contributed by atoms with E-state index in [0.29, 0.717) is 5.56 Å². The molecule has 2 aromatic carbocycles. The van der Waals surface area contributed by atoms with E-state index in [1.54, 1.807) is 39.8 Å². The average molecular weight is 1130 g/mol. The van der Waals surface area contributed by atoms with E-state index in [4.69, 9.17) is 76.2 Å². The zero-order valence-corrected chi connectivity index (χ0v) is 42.5. The van der Waals surface area contributed by atoms with Crippen molar-refractivity contribution >= 4 is 70.3 Å². The second-order valence-corrected chi connectivity index (χ2v) is 17.4. The van der Waals surface area contributed by atoms with Crippen LogP contribution in [0, 0.1) is 22.7 Å². The van der Waals surface area contributed by atoms with Crippen molar-refractivity contribution in [1.82, 2.24) is 49.1 Å². The number of cyclic esters (lactones) is 2. The minimum absolute atomic E-state index is 0.0131. The van der Waals surface area contributed by atoms with E-state index < -0.39 is 95.2 Å². The van der Waals surface area contributed by atoms with Crippen LogP contribution in [0.4, 0.5) is 0 Å². The molecule has 0 saturated carbocycles. The highest BCUT2D eigenvalue weighted by molar-refractivity contribution is 6.38. The first-order valence-electron chi connectivity index (χ1n) is 21.4. The Bertz CT molecular complexity index is 3700. The fraction of sp³-hybridized carbons (Fsp3) is 0.273. The van der Waals surface area contributed by atoms with Crippen LogP contribution in [0.25, 0.3) is 11.4 Å². The molecule has 0 unspecified atom stereocenters. The number of aliphatic hydroxyl groups excluding tert-OH is 1. The lowest BCUT2D eigenvalue weighted by molar-refractivity contribution is -0.152. The quantitative estimate of drug-likeness (QED) is 0.0897. The number of hydrogen-bond donors (Lipinski definition) is 4. The van der Waals surface area contributed by atoms with Crippen LogP contribution in [0.1, 0.15) is 87.7 Å². The Hall–Kier alpha value is -8.80. The van der Waals surface area contributed by atoms with Crippen LogP contribution in [0.3, 0.4) is 0 Å². The summed E-state index contributed by atoms with van der Waals surface area (Å²) in [5.74, 6) is -3.60. The molecule has 28 nitrogen and oxygen atoms in total. The number of rotatable bonds is 14. The summed E-state index contributed by atoms with van der Waals surface area (Å²) in [6, 6.07) is 10.9. The minimum Gasteiger partial charge on any atom is -0.481 e. The molecule has 0 aliphatic carbocycles. The van der Waals surface area contributed by atoms with Crippen molar-refractivity contribution in [3.05, 3.63) is 141 Å². The number of aromatic amines is 2. The van der Waals surface area contributed by atoms with Gasteiger partial charge in [-0.2, -0.15) is 24.6 Å². The molecule has 76 heavy (non-hydrogen) atoms. The maximum Gasteiger partial charge on any atom is 0.349 e. The Morgan fingerprint density at radius 2 is 1.05 bits per heavy atom. The number of aromatic nitrogens is 10. The summed E-state index contributed by atoms with van der Waals surface area (Å²) in [6.45, 7) is 5.81. The van der Waals surface area contributed by atoms with E-state index >= 15 is 0 Å². The second kappa shape index (κ2) is 25.4. The third-order valence-corrected chi connectivity index (χ3v) is 10.8. The Morgan fingerprint density at radius 3 is 1.39 bits per heavy atom. The van der Waals surface area contributed by atoms with Crippen molar-refractivity contribution in [3.63, 3.8) is 0 Å². The molecule has 6 aromatic rings. The number of nitrogens with one attached hydrogen (secondary N) is 2. The van der Waals surface area contributed by atoms with E-state index in [0.717, 1.165) is 18.7 Å². The smallest absolute Gasteiger partial charge is 0.349 e. The normalized spacial score (nSPS) is 11.6. The summed E-state index contributed by atoms with van der Waals surface area (Å²) in [7, 11) is 0. The number of ether oxygens (including phenoxy) is 4. The number of halogens is 4. The van der Waals surface area contributed by atoms with Crippen LogP contribution in [-0.2, 0) is 42.1 Å². The summed E-state index contributed by atoms with van der Waals surface area (Å²) in [5.41, 5.74) is -5.15. The van der Waals surface area contributed by atoms with E-state index in [-0.39, 0.29) is 85.0 Å². The average Bonchev–Trinajstić information content (AvgIpc) is 3.75. The van der Waals surface area contributed by atoms with Crippen molar-refractivity contribution in [2.75, 3.05) is 0 Å². The lowest BCUT2D eigenvalue weighted by atomic mass is 10.1. The van der Waals surface area contributed by atoms with Crippen LogP contribution >= 0.6 is 46.4 Å². The van der Waals surface area contributed by atoms with Crippen LogP contribution in [0.5, 0.6) is 23.3 Å². The lowest BCUT2D eigenvalue weighted by Gasteiger charge is -2.15. The van der Waals surface area contributed by atoms with Crippen molar-refractivity contribution in [2.24, 2.45) is 0 Å². The molecule has 0 radical (unpaired) electrons. The zero-order chi connectivity index (χ0) is 56.3. The molecule has 32 heteroatoms. The molecular weight excluding hydrogens is 1090 g/mol. The molecule has 1 aliphatic heterocycles. The molecule has 1 fully saturated rings. The third kappa shape index (κ3) is 14.5. The number of aliphatic carboxylic acids is 1. The minimum atomic E-state index is -1.18. The monoisotopic (exact) mass is 1130 g/mol. The number of nitriles is 2. The molecular formula is C44H36Cl4N12O16. The maximum atomic E-state index is 12.8. The Labute approximate surface area is 443 Å². The van der Waals surface area contributed by atoms with E-state index in [2.05, 4.69) is 25.1 Å². The number of hydrogen-bond acceptors (Lipinski definition) is 21. The van der Waals surface area contributed by atoms with Gasteiger partial charge in [-0.15, -0.1) is 20.4 Å². The molecule has 7 rings (SSSR count). The van der Waals surface area contributed by atoms with Gasteiger partial charge in [0.2, 0.25) is 23.1 Å². The highest BCUT2D eigenvalue weighted by Gasteiger charge is 2.22. The number of H-pyrrole nitrogens is 2. The summed E-state index contributed by atoms with van der Waals surface area (Å²) in [6.07, 6.45) is -0.303. The predicted molar refractivity (Wildman–Crippen MR) is 261 cm³/mol. The van der Waals surface area contributed by atoms with Gasteiger partial charge in [0.15, 0.2) is 18.2 Å². The molecule has 4 aromatic heterocycles. The number of carboxylic acid groups (broad SMARTS) is 1. The highest BCUT2D eigenvalue weighted by Crippen LogP contribution is 2.39. The number of carbonyl (C=O) groups excluding carboxylic acids is 3. The number of carboxylic acids is 1. The zero-order valence-electron chi connectivity index (χ0n) is 39.5. The Kier molecular flexibility index (Phi) is 19.4. The molecule has 0 amide bonds. The van der Waals surface area contributed by atoms with Gasteiger partial charge in [0, 0.05) is 23.3 Å². The fourth-order valence-electron chi connectivity index (χ4n) is 6.07. The molecule has 5 heterocycles. The number of nitrogens with zero attached hydrogens (tertiary/aromatic N) is 10. The van der Waals surface area contributed by atoms with Gasteiger partial charge in [-0.05, 0) is 36.1 Å². The molecule has 0 spiro atoms. The third-order valence-electron chi connectivity index (χ3n) is 9.73. The summed E-state index contributed by atoms with van der Waals surface area (Å²) in [4.78, 5) is 119. The van der Waals surface area contributed by atoms with Gasteiger partial charge >= 0.3 is 35.3 Å². The maximum absolute atomic E-state index is 12.8. The number of esters is 3. The van der Waals surface area contributed by atoms with Crippen molar-refractivity contribution in [3.8, 4) is 46.8 Å². The second-order valence-electron chi connectivity index (χ2n) is 15.8. The first-order valence-corrected chi connectivity index (χ1v) is 22.9. The lowest BCUT2D eigenvalue weighted by Crippen LogP contribution is -2.33.